The van der Waals surface area contributed by atoms with Crippen LogP contribution in [0.4, 0.5) is 0 Å². The number of benzene rings is 1. The van der Waals surface area contributed by atoms with E-state index in [4.69, 9.17) is 0 Å². The van der Waals surface area contributed by atoms with E-state index in [1.54, 1.807) is 0 Å². The Kier molecular flexibility index (Phi) is 4.81. The lowest BCUT2D eigenvalue weighted by atomic mass is 10.1. The van der Waals surface area contributed by atoms with Crippen LogP contribution in [0.2, 0.25) is 0 Å². The van der Waals surface area contributed by atoms with Gasteiger partial charge in [0.25, 0.3) is 5.91 Å². The monoisotopic (exact) mass is 401 g/mol. The molecular weight excluding hydrogens is 390 g/mol. The molecule has 100 valence electrons. The molecule has 2 rings (SSSR count). The van der Waals surface area contributed by atoms with Crippen LogP contribution in [0.25, 0.3) is 0 Å². The SMILES string of the molecule is Cc1cc(C(=O)NC(C)c2cccc(Br)c2)sc1Br. The van der Waals surface area contributed by atoms with Crippen LogP contribution >= 0.6 is 43.2 Å². The van der Waals surface area contributed by atoms with E-state index in [-0.39, 0.29) is 11.9 Å². The normalized spacial score (nSPS) is 12.2. The van der Waals surface area contributed by atoms with Gasteiger partial charge >= 0.3 is 0 Å². The number of carbonyl (C=O) groups excluding carboxylic acids is 1. The van der Waals surface area contributed by atoms with Gasteiger partial charge < -0.3 is 5.32 Å². The standard InChI is InChI=1S/C14H13Br2NOS/c1-8-6-12(19-13(8)16)14(18)17-9(2)10-4-3-5-11(15)7-10/h3-7,9H,1-2H3,(H,17,18). The van der Waals surface area contributed by atoms with Gasteiger partial charge in [-0.3, -0.25) is 4.79 Å². The smallest absolute Gasteiger partial charge is 0.261 e. The lowest BCUT2D eigenvalue weighted by molar-refractivity contribution is 0.0944. The minimum absolute atomic E-state index is 0.0221. The highest BCUT2D eigenvalue weighted by atomic mass is 79.9. The molecule has 1 N–H and O–H groups in total. The predicted octanol–water partition coefficient (Wildman–Crippen LogP) is 5.07. The molecule has 1 amide bonds. The lowest BCUT2D eigenvalue weighted by Gasteiger charge is -2.13. The van der Waals surface area contributed by atoms with Gasteiger partial charge in [0.1, 0.15) is 0 Å². The first-order chi connectivity index (χ1) is 8.97. The average Bonchev–Trinajstić information content (AvgIpc) is 2.69. The largest absolute Gasteiger partial charge is 0.345 e. The number of rotatable bonds is 3. The zero-order valence-corrected chi connectivity index (χ0v) is 14.5. The maximum Gasteiger partial charge on any atom is 0.261 e. The molecule has 0 saturated heterocycles. The van der Waals surface area contributed by atoms with Crippen LogP contribution < -0.4 is 5.32 Å². The van der Waals surface area contributed by atoms with Gasteiger partial charge in [0.05, 0.1) is 14.7 Å². The number of hydrogen-bond acceptors (Lipinski definition) is 2. The van der Waals surface area contributed by atoms with Gasteiger partial charge in [-0.15, -0.1) is 11.3 Å². The quantitative estimate of drug-likeness (QED) is 0.762. The zero-order valence-electron chi connectivity index (χ0n) is 10.5. The van der Waals surface area contributed by atoms with E-state index in [0.29, 0.717) is 0 Å². The van der Waals surface area contributed by atoms with Crippen molar-refractivity contribution < 1.29 is 4.79 Å². The van der Waals surface area contributed by atoms with Gasteiger partial charge in [0.2, 0.25) is 0 Å². The van der Waals surface area contributed by atoms with E-state index in [9.17, 15) is 4.79 Å². The molecule has 0 radical (unpaired) electrons. The maximum atomic E-state index is 12.1. The van der Waals surface area contributed by atoms with Crippen molar-refractivity contribution in [1.29, 1.82) is 0 Å². The molecule has 5 heteroatoms. The fraction of sp³-hybridized carbons (Fsp3) is 0.214. The minimum Gasteiger partial charge on any atom is -0.345 e. The summed E-state index contributed by atoms with van der Waals surface area (Å²) in [7, 11) is 0. The number of thiophene rings is 1. The summed E-state index contributed by atoms with van der Waals surface area (Å²) in [5.74, 6) is -0.0359. The predicted molar refractivity (Wildman–Crippen MR) is 86.8 cm³/mol. The number of amides is 1. The van der Waals surface area contributed by atoms with E-state index in [1.807, 2.05) is 44.2 Å². The number of halogens is 2. The molecule has 1 heterocycles. The Morgan fingerprint density at radius 3 is 2.63 bits per heavy atom. The van der Waals surface area contributed by atoms with Crippen LogP contribution in [0.15, 0.2) is 38.6 Å². The van der Waals surface area contributed by atoms with Gasteiger partial charge in [-0.2, -0.15) is 0 Å². The molecule has 1 aromatic carbocycles. The molecule has 1 atom stereocenters. The highest BCUT2D eigenvalue weighted by Crippen LogP contribution is 2.27. The van der Waals surface area contributed by atoms with Gasteiger partial charge in [-0.1, -0.05) is 28.1 Å². The molecule has 0 aliphatic carbocycles. The van der Waals surface area contributed by atoms with Crippen LogP contribution in [-0.4, -0.2) is 5.91 Å². The van der Waals surface area contributed by atoms with Gasteiger partial charge in [-0.05, 0) is 59.1 Å². The van der Waals surface area contributed by atoms with Gasteiger partial charge in [-0.25, -0.2) is 0 Å². The Bertz CT molecular complexity index is 590. The number of hydrogen-bond donors (Lipinski definition) is 1. The fourth-order valence-corrected chi connectivity index (χ4v) is 3.55. The first kappa shape index (κ1) is 14.8. The molecule has 1 aromatic heterocycles. The molecule has 0 aliphatic rings. The summed E-state index contributed by atoms with van der Waals surface area (Å²) >= 11 is 8.33. The topological polar surface area (TPSA) is 29.1 Å². The molecule has 0 fully saturated rings. The fourth-order valence-electron chi connectivity index (χ4n) is 1.70. The zero-order chi connectivity index (χ0) is 14.0. The lowest BCUT2D eigenvalue weighted by Crippen LogP contribution is -2.25. The van der Waals surface area contributed by atoms with Crippen molar-refractivity contribution in [1.82, 2.24) is 5.32 Å². The van der Waals surface area contributed by atoms with Gasteiger partial charge in [0, 0.05) is 4.47 Å². The number of carbonyl (C=O) groups is 1. The van der Waals surface area contributed by atoms with E-state index in [0.717, 1.165) is 24.3 Å². The summed E-state index contributed by atoms with van der Waals surface area (Å²) < 4.78 is 2.02. The van der Waals surface area contributed by atoms with E-state index in [1.165, 1.54) is 11.3 Å². The molecule has 1 unspecified atom stereocenters. The van der Waals surface area contributed by atoms with Crippen LogP contribution in [0.1, 0.15) is 33.8 Å². The van der Waals surface area contributed by atoms with Crippen LogP contribution in [0.5, 0.6) is 0 Å². The first-order valence-corrected chi connectivity index (χ1v) is 8.20. The second-order valence-corrected chi connectivity index (χ2v) is 7.60. The highest BCUT2D eigenvalue weighted by molar-refractivity contribution is 9.11. The summed E-state index contributed by atoms with van der Waals surface area (Å²) in [5.41, 5.74) is 2.17. The van der Waals surface area contributed by atoms with Crippen molar-refractivity contribution >= 4 is 49.1 Å². The molecule has 0 bridgehead atoms. The third-order valence-electron chi connectivity index (χ3n) is 2.78. The van der Waals surface area contributed by atoms with Crippen LogP contribution in [0, 0.1) is 6.92 Å². The highest BCUT2D eigenvalue weighted by Gasteiger charge is 2.14. The second kappa shape index (κ2) is 6.20. The van der Waals surface area contributed by atoms with E-state index >= 15 is 0 Å². The van der Waals surface area contributed by atoms with Crippen LogP contribution in [-0.2, 0) is 0 Å². The Hall–Kier alpha value is -0.650. The van der Waals surface area contributed by atoms with E-state index < -0.39 is 0 Å². The molecule has 2 aromatic rings. The molecule has 0 spiro atoms. The third kappa shape index (κ3) is 3.68. The summed E-state index contributed by atoms with van der Waals surface area (Å²) in [6.45, 7) is 3.96. The van der Waals surface area contributed by atoms with Crippen molar-refractivity contribution in [2.24, 2.45) is 0 Å². The Morgan fingerprint density at radius 1 is 1.32 bits per heavy atom. The third-order valence-corrected chi connectivity index (χ3v) is 5.41. The van der Waals surface area contributed by atoms with Crippen molar-refractivity contribution in [3.05, 3.63) is 54.6 Å². The Morgan fingerprint density at radius 2 is 2.05 bits per heavy atom. The minimum atomic E-state index is -0.0359. The Labute approximate surface area is 133 Å². The summed E-state index contributed by atoms with van der Waals surface area (Å²) in [5, 5.41) is 3.01. The molecule has 0 aliphatic heterocycles. The van der Waals surface area contributed by atoms with Crippen molar-refractivity contribution in [2.75, 3.05) is 0 Å². The average molecular weight is 403 g/mol. The van der Waals surface area contributed by atoms with Crippen molar-refractivity contribution in [2.45, 2.75) is 19.9 Å². The summed E-state index contributed by atoms with van der Waals surface area (Å²) in [6, 6.07) is 9.83. The molecular formula is C14H13Br2NOS. The van der Waals surface area contributed by atoms with Crippen LogP contribution in [0.3, 0.4) is 0 Å². The molecule has 19 heavy (non-hydrogen) atoms. The van der Waals surface area contributed by atoms with E-state index in [2.05, 4.69) is 37.2 Å². The maximum absolute atomic E-state index is 12.1. The number of nitrogens with one attached hydrogen (secondary N) is 1. The summed E-state index contributed by atoms with van der Waals surface area (Å²) in [4.78, 5) is 12.9. The molecule has 2 nitrogen and oxygen atoms in total. The van der Waals surface area contributed by atoms with Crippen molar-refractivity contribution in [3.63, 3.8) is 0 Å². The Balaban J connectivity index is 2.10. The van der Waals surface area contributed by atoms with Crippen molar-refractivity contribution in [3.8, 4) is 0 Å². The number of aryl methyl sites for hydroxylation is 1. The first-order valence-electron chi connectivity index (χ1n) is 5.79. The van der Waals surface area contributed by atoms with Gasteiger partial charge in [0.15, 0.2) is 0 Å². The molecule has 0 saturated carbocycles. The second-order valence-electron chi connectivity index (χ2n) is 4.32. The summed E-state index contributed by atoms with van der Waals surface area (Å²) in [6.07, 6.45) is 0.